The van der Waals surface area contributed by atoms with Gasteiger partial charge in [-0.2, -0.15) is 0 Å². The van der Waals surface area contributed by atoms with Crippen LogP contribution in [0.25, 0.3) is 0 Å². The van der Waals surface area contributed by atoms with Crippen LogP contribution in [0.15, 0.2) is 24.3 Å². The molecule has 0 aliphatic rings. The van der Waals surface area contributed by atoms with Crippen molar-refractivity contribution in [1.82, 2.24) is 0 Å². The number of hydrogen-bond acceptors (Lipinski definition) is 2. The molecule has 1 aromatic rings. The number of aromatic carboxylic acids is 1. The predicted octanol–water partition coefficient (Wildman–Crippen LogP) is 0.610. The van der Waals surface area contributed by atoms with Gasteiger partial charge in [0.2, 0.25) is 0 Å². The van der Waals surface area contributed by atoms with Gasteiger partial charge in [0, 0.05) is 0 Å². The predicted molar refractivity (Wildman–Crippen MR) is 40.2 cm³/mol. The molecule has 1 radical (unpaired) electrons. The van der Waals surface area contributed by atoms with Gasteiger partial charge in [0.1, 0.15) is 0 Å². The summed E-state index contributed by atoms with van der Waals surface area (Å²) < 4.78 is 0. The molecular weight excluding hydrogens is 341 g/mol. The van der Waals surface area contributed by atoms with E-state index in [-0.39, 0.29) is 33.2 Å². The summed E-state index contributed by atoms with van der Waals surface area (Å²) in [6.45, 7) is 1.98. The Bertz CT molecular complexity index is 271. The third-order valence-corrected chi connectivity index (χ3v) is 1.57. The molecule has 0 saturated carbocycles. The van der Waals surface area contributed by atoms with Crippen molar-refractivity contribution in [1.29, 1.82) is 0 Å². The minimum Gasteiger partial charge on any atom is -0.545 e. The van der Waals surface area contributed by atoms with Gasteiger partial charge >= 0.3 is 27.7 Å². The van der Waals surface area contributed by atoms with Gasteiger partial charge < -0.3 is 9.90 Å². The average Bonchev–Trinajstić information content (AvgIpc) is 2.05. The zero-order valence-corrected chi connectivity index (χ0v) is 12.5. The fourth-order valence-corrected chi connectivity index (χ4v) is 0.918. The zero-order chi connectivity index (χ0) is 8.27. The Morgan fingerprint density at radius 3 is 2.67 bits per heavy atom. The van der Waals surface area contributed by atoms with Crippen LogP contribution >= 0.6 is 0 Å². The minimum atomic E-state index is -1.11. The van der Waals surface area contributed by atoms with E-state index in [2.05, 4.69) is 0 Å². The van der Waals surface area contributed by atoms with Gasteiger partial charge in [0.15, 0.2) is 0 Å². The first kappa shape index (κ1) is 11.6. The summed E-state index contributed by atoms with van der Waals surface area (Å²) in [6.07, 6.45) is 0.848. The van der Waals surface area contributed by atoms with Crippen molar-refractivity contribution >= 4 is 5.97 Å². The van der Waals surface area contributed by atoms with E-state index < -0.39 is 5.97 Å². The van der Waals surface area contributed by atoms with Gasteiger partial charge in [0.05, 0.1) is 5.97 Å². The molecule has 1 rings (SSSR count). The molecule has 2 nitrogen and oxygen atoms in total. The Balaban J connectivity index is 0.00000121. The van der Waals surface area contributed by atoms with E-state index in [0.717, 1.165) is 12.0 Å². The number of aryl methyl sites for hydroxylation is 1. The maximum Gasteiger partial charge on any atom is 1.00 e. The molecule has 0 aliphatic heterocycles. The molecule has 0 atom stereocenters. The van der Waals surface area contributed by atoms with Crippen LogP contribution in [-0.4, -0.2) is 5.97 Å². The normalized spacial score (nSPS) is 8.75. The smallest absolute Gasteiger partial charge is 0.545 e. The number of carboxylic acids is 1. The van der Waals surface area contributed by atoms with Gasteiger partial charge in [0.25, 0.3) is 0 Å². The number of carboxylic acid groups (broad SMARTS) is 1. The Morgan fingerprint density at radius 2 is 2.17 bits per heavy atom. The Labute approximate surface area is 92.1 Å². The van der Waals surface area contributed by atoms with E-state index >= 15 is 0 Å². The molecule has 0 bridgehead atoms. The van der Waals surface area contributed by atoms with Gasteiger partial charge in [-0.25, -0.2) is 0 Å². The summed E-state index contributed by atoms with van der Waals surface area (Å²) in [6, 6.07) is 6.79. The Morgan fingerprint density at radius 1 is 1.50 bits per heavy atom. The number of carbonyl (C=O) groups is 1. The third kappa shape index (κ3) is 2.93. The topological polar surface area (TPSA) is 40.1 Å². The van der Waals surface area contributed by atoms with Gasteiger partial charge in [-0.1, -0.05) is 25.1 Å². The quantitative estimate of drug-likeness (QED) is 0.734. The van der Waals surface area contributed by atoms with Crippen molar-refractivity contribution < 1.29 is 37.6 Å². The summed E-state index contributed by atoms with van der Waals surface area (Å²) in [5.41, 5.74) is 1.27. The van der Waals surface area contributed by atoms with Crippen LogP contribution < -0.4 is 5.11 Å². The van der Waals surface area contributed by atoms with Crippen LogP contribution in [0.2, 0.25) is 0 Å². The number of rotatable bonds is 2. The van der Waals surface area contributed by atoms with Crippen LogP contribution in [0.3, 0.4) is 0 Å². The fraction of sp³-hybridized carbons (Fsp3) is 0.222. The maximum atomic E-state index is 10.4. The average molecular weight is 350 g/mol. The molecule has 12 heavy (non-hydrogen) atoms. The number of hydrogen-bond donors (Lipinski definition) is 0. The van der Waals surface area contributed by atoms with Crippen LogP contribution in [-0.2, 0) is 34.1 Å². The van der Waals surface area contributed by atoms with Crippen molar-refractivity contribution in [2.24, 2.45) is 0 Å². The first-order valence-corrected chi connectivity index (χ1v) is 3.54. The van der Waals surface area contributed by atoms with Gasteiger partial charge in [-0.05, 0) is 23.6 Å². The van der Waals surface area contributed by atoms with E-state index in [0.29, 0.717) is 0 Å². The molecule has 0 N–H and O–H groups in total. The Kier molecular flexibility index (Phi) is 5.14. The van der Waals surface area contributed by atoms with E-state index in [9.17, 15) is 9.90 Å². The summed E-state index contributed by atoms with van der Waals surface area (Å²) >= 11 is 0. The summed E-state index contributed by atoms with van der Waals surface area (Å²) in [7, 11) is 0. The first-order chi connectivity index (χ1) is 5.24. The number of carbonyl (C=O) groups excluding carboxylic acids is 1. The zero-order valence-electron chi connectivity index (χ0n) is 7.04. The van der Waals surface area contributed by atoms with E-state index in [1.54, 1.807) is 12.1 Å². The molecule has 0 aromatic heterocycles. The molecule has 59 valence electrons. The Hall–Kier alpha value is -0.375. The van der Waals surface area contributed by atoms with Crippen molar-refractivity contribution in [2.75, 3.05) is 0 Å². The third-order valence-electron chi connectivity index (χ3n) is 1.57. The molecule has 0 heterocycles. The van der Waals surface area contributed by atoms with Crippen LogP contribution in [0.5, 0.6) is 0 Å². The first-order valence-electron chi connectivity index (χ1n) is 3.54. The standard InChI is InChI=1S/C9H10O2.Hg/c1-2-7-4-3-5-8(6-7)9(10)11;/h3-6H,2H2,1H3,(H,10,11);/q;+1/p-1. The van der Waals surface area contributed by atoms with Gasteiger partial charge in [-0.15, -0.1) is 0 Å². The van der Waals surface area contributed by atoms with Crippen molar-refractivity contribution in [3.05, 3.63) is 35.4 Å². The SMILES string of the molecule is CCc1cccc(C(=O)[O-])c1.[Hg+]. The van der Waals surface area contributed by atoms with Crippen LogP contribution in [0.4, 0.5) is 0 Å². The molecule has 1 aromatic carbocycles. The summed E-state index contributed by atoms with van der Waals surface area (Å²) in [5, 5.41) is 10.4. The molecule has 3 heteroatoms. The second-order valence-electron chi connectivity index (χ2n) is 2.34. The van der Waals surface area contributed by atoms with Crippen molar-refractivity contribution in [3.63, 3.8) is 0 Å². The summed E-state index contributed by atoms with van der Waals surface area (Å²) in [5.74, 6) is -1.11. The molecule has 0 spiro atoms. The molecule has 0 amide bonds. The van der Waals surface area contributed by atoms with E-state index in [1.165, 1.54) is 6.07 Å². The van der Waals surface area contributed by atoms with Crippen LogP contribution in [0, 0.1) is 0 Å². The van der Waals surface area contributed by atoms with E-state index in [1.807, 2.05) is 13.0 Å². The maximum absolute atomic E-state index is 10.4. The fourth-order valence-electron chi connectivity index (χ4n) is 0.918. The second-order valence-corrected chi connectivity index (χ2v) is 2.34. The van der Waals surface area contributed by atoms with Gasteiger partial charge in [-0.3, -0.25) is 0 Å². The molecular formula is C9H9HgO2. The minimum absolute atomic E-state index is 0. The molecule has 0 aliphatic carbocycles. The second kappa shape index (κ2) is 5.30. The summed E-state index contributed by atoms with van der Waals surface area (Å²) in [4.78, 5) is 10.4. The van der Waals surface area contributed by atoms with E-state index in [4.69, 9.17) is 0 Å². The van der Waals surface area contributed by atoms with Crippen molar-refractivity contribution in [2.45, 2.75) is 13.3 Å². The largest absolute Gasteiger partial charge is 1.00 e. The number of benzene rings is 1. The monoisotopic (exact) mass is 351 g/mol. The molecule has 0 unspecified atom stereocenters. The molecule has 0 fully saturated rings. The van der Waals surface area contributed by atoms with Crippen molar-refractivity contribution in [3.8, 4) is 0 Å². The van der Waals surface area contributed by atoms with Crippen LogP contribution in [0.1, 0.15) is 22.8 Å². The molecule has 0 saturated heterocycles.